The highest BCUT2D eigenvalue weighted by Crippen LogP contribution is 2.24. The Morgan fingerprint density at radius 1 is 1.13 bits per heavy atom. The molecule has 0 aliphatic carbocycles. The Bertz CT molecular complexity index is 313. The third-order valence-electron chi connectivity index (χ3n) is 2.86. The molecule has 3 nitrogen and oxygen atoms in total. The number of benzene rings is 1. The van der Waals surface area contributed by atoms with Gasteiger partial charge in [0.15, 0.2) is 0 Å². The molecule has 2 N–H and O–H groups in total. The maximum Gasteiger partial charge on any atom is 0.0668 e. The number of rotatable bonds is 1. The highest BCUT2D eigenvalue weighted by Gasteiger charge is 2.25. The van der Waals surface area contributed by atoms with E-state index in [1.54, 1.807) is 0 Å². The molecule has 0 spiro atoms. The van der Waals surface area contributed by atoms with Gasteiger partial charge in [-0.1, -0.05) is 0 Å². The summed E-state index contributed by atoms with van der Waals surface area (Å²) in [4.78, 5) is 2.39. The SMILES string of the molecule is CC1COCC(C)N1c1ccc(N)cc1. The molecular weight excluding hydrogens is 188 g/mol. The van der Waals surface area contributed by atoms with Gasteiger partial charge in [-0.3, -0.25) is 0 Å². The lowest BCUT2D eigenvalue weighted by Crippen LogP contribution is -2.49. The smallest absolute Gasteiger partial charge is 0.0668 e. The second-order valence-electron chi connectivity index (χ2n) is 4.23. The van der Waals surface area contributed by atoms with E-state index < -0.39 is 0 Å². The monoisotopic (exact) mass is 206 g/mol. The van der Waals surface area contributed by atoms with Gasteiger partial charge in [0.1, 0.15) is 0 Å². The van der Waals surface area contributed by atoms with E-state index in [2.05, 4.69) is 30.9 Å². The number of ether oxygens (including phenoxy) is 1. The average Bonchev–Trinajstić information content (AvgIpc) is 2.20. The molecule has 0 radical (unpaired) electrons. The van der Waals surface area contributed by atoms with Crippen molar-refractivity contribution in [3.8, 4) is 0 Å². The van der Waals surface area contributed by atoms with Crippen LogP contribution in [0.2, 0.25) is 0 Å². The zero-order valence-corrected chi connectivity index (χ0v) is 9.31. The molecule has 1 aliphatic heterocycles. The Morgan fingerprint density at radius 2 is 1.67 bits per heavy atom. The molecule has 1 aliphatic rings. The molecular formula is C12H18N2O. The molecule has 2 rings (SSSR count). The first-order valence-corrected chi connectivity index (χ1v) is 5.40. The molecule has 1 fully saturated rings. The fraction of sp³-hybridized carbons (Fsp3) is 0.500. The fourth-order valence-electron chi connectivity index (χ4n) is 2.16. The second-order valence-corrected chi connectivity index (χ2v) is 4.23. The molecule has 0 saturated carbocycles. The van der Waals surface area contributed by atoms with Gasteiger partial charge < -0.3 is 15.4 Å². The van der Waals surface area contributed by atoms with Gasteiger partial charge in [0.2, 0.25) is 0 Å². The Labute approximate surface area is 90.8 Å². The molecule has 1 aromatic rings. The number of nitrogens with zero attached hydrogens (tertiary/aromatic N) is 1. The minimum absolute atomic E-state index is 0.428. The number of hydrogen-bond donors (Lipinski definition) is 1. The van der Waals surface area contributed by atoms with Crippen molar-refractivity contribution in [3.05, 3.63) is 24.3 Å². The Morgan fingerprint density at radius 3 is 2.20 bits per heavy atom. The lowest BCUT2D eigenvalue weighted by Gasteiger charge is -2.40. The topological polar surface area (TPSA) is 38.5 Å². The van der Waals surface area contributed by atoms with Crippen LogP contribution in [0.4, 0.5) is 11.4 Å². The zero-order chi connectivity index (χ0) is 10.8. The number of hydrogen-bond acceptors (Lipinski definition) is 3. The fourth-order valence-corrected chi connectivity index (χ4v) is 2.16. The van der Waals surface area contributed by atoms with Crippen LogP contribution in [0, 0.1) is 0 Å². The van der Waals surface area contributed by atoms with E-state index in [1.165, 1.54) is 5.69 Å². The van der Waals surface area contributed by atoms with Crippen LogP contribution in [0.5, 0.6) is 0 Å². The second kappa shape index (κ2) is 4.11. The molecule has 1 aromatic carbocycles. The number of anilines is 2. The molecule has 82 valence electrons. The van der Waals surface area contributed by atoms with Gasteiger partial charge in [0.05, 0.1) is 13.2 Å². The molecule has 2 unspecified atom stereocenters. The summed E-state index contributed by atoms with van der Waals surface area (Å²) in [6.07, 6.45) is 0. The summed E-state index contributed by atoms with van der Waals surface area (Å²) in [6, 6.07) is 8.91. The normalized spacial score (nSPS) is 26.7. The Balaban J connectivity index is 2.23. The Hall–Kier alpha value is -1.22. The minimum atomic E-state index is 0.428. The van der Waals surface area contributed by atoms with E-state index in [0.29, 0.717) is 12.1 Å². The van der Waals surface area contributed by atoms with Crippen molar-refractivity contribution in [2.24, 2.45) is 0 Å². The standard InChI is InChI=1S/C12H18N2O/c1-9-7-15-8-10(2)14(9)12-5-3-11(13)4-6-12/h3-6,9-10H,7-8,13H2,1-2H3. The van der Waals surface area contributed by atoms with Gasteiger partial charge >= 0.3 is 0 Å². The van der Waals surface area contributed by atoms with Crippen molar-refractivity contribution in [1.82, 2.24) is 0 Å². The molecule has 0 bridgehead atoms. The van der Waals surface area contributed by atoms with E-state index in [9.17, 15) is 0 Å². The van der Waals surface area contributed by atoms with Crippen LogP contribution >= 0.6 is 0 Å². The van der Waals surface area contributed by atoms with Gasteiger partial charge in [-0.2, -0.15) is 0 Å². The van der Waals surface area contributed by atoms with Crippen molar-refractivity contribution < 1.29 is 4.74 Å². The first-order valence-electron chi connectivity index (χ1n) is 5.40. The minimum Gasteiger partial charge on any atom is -0.399 e. The highest BCUT2D eigenvalue weighted by atomic mass is 16.5. The van der Waals surface area contributed by atoms with Gasteiger partial charge in [0, 0.05) is 23.5 Å². The van der Waals surface area contributed by atoms with Crippen LogP contribution < -0.4 is 10.6 Å². The van der Waals surface area contributed by atoms with Gasteiger partial charge in [-0.15, -0.1) is 0 Å². The van der Waals surface area contributed by atoms with Gasteiger partial charge in [-0.05, 0) is 38.1 Å². The van der Waals surface area contributed by atoms with Crippen molar-refractivity contribution >= 4 is 11.4 Å². The van der Waals surface area contributed by atoms with E-state index in [1.807, 2.05) is 12.1 Å². The maximum atomic E-state index is 5.68. The highest BCUT2D eigenvalue weighted by molar-refractivity contribution is 5.54. The molecule has 0 amide bonds. The number of nitrogens with two attached hydrogens (primary N) is 1. The van der Waals surface area contributed by atoms with E-state index >= 15 is 0 Å². The summed E-state index contributed by atoms with van der Waals surface area (Å²) in [5, 5.41) is 0. The van der Waals surface area contributed by atoms with Crippen molar-refractivity contribution in [2.45, 2.75) is 25.9 Å². The van der Waals surface area contributed by atoms with Crippen LogP contribution in [-0.2, 0) is 4.74 Å². The summed E-state index contributed by atoms with van der Waals surface area (Å²) < 4.78 is 5.50. The van der Waals surface area contributed by atoms with Crippen molar-refractivity contribution in [3.63, 3.8) is 0 Å². The lowest BCUT2D eigenvalue weighted by molar-refractivity contribution is 0.0757. The van der Waals surface area contributed by atoms with E-state index in [4.69, 9.17) is 10.5 Å². The molecule has 0 aromatic heterocycles. The zero-order valence-electron chi connectivity index (χ0n) is 9.31. The molecule has 1 saturated heterocycles. The quantitative estimate of drug-likeness (QED) is 0.713. The van der Waals surface area contributed by atoms with Crippen LogP contribution in [0.25, 0.3) is 0 Å². The maximum absolute atomic E-state index is 5.68. The number of morpholine rings is 1. The summed E-state index contributed by atoms with van der Waals surface area (Å²) in [6.45, 7) is 5.97. The largest absolute Gasteiger partial charge is 0.399 e. The van der Waals surface area contributed by atoms with Crippen molar-refractivity contribution in [1.29, 1.82) is 0 Å². The molecule has 15 heavy (non-hydrogen) atoms. The molecule has 1 heterocycles. The molecule has 2 atom stereocenters. The Kier molecular flexibility index (Phi) is 2.82. The summed E-state index contributed by atoms with van der Waals surface area (Å²) in [5.41, 5.74) is 7.72. The van der Waals surface area contributed by atoms with Crippen LogP contribution in [0.15, 0.2) is 24.3 Å². The average molecular weight is 206 g/mol. The van der Waals surface area contributed by atoms with Gasteiger partial charge in [0.25, 0.3) is 0 Å². The predicted octanol–water partition coefficient (Wildman–Crippen LogP) is 1.88. The predicted molar refractivity (Wildman–Crippen MR) is 63.1 cm³/mol. The summed E-state index contributed by atoms with van der Waals surface area (Å²) in [5.74, 6) is 0. The van der Waals surface area contributed by atoms with Gasteiger partial charge in [-0.25, -0.2) is 0 Å². The van der Waals surface area contributed by atoms with Crippen LogP contribution in [0.3, 0.4) is 0 Å². The summed E-state index contributed by atoms with van der Waals surface area (Å²) in [7, 11) is 0. The van der Waals surface area contributed by atoms with E-state index in [-0.39, 0.29) is 0 Å². The van der Waals surface area contributed by atoms with E-state index in [0.717, 1.165) is 18.9 Å². The first-order chi connectivity index (χ1) is 7.18. The lowest BCUT2D eigenvalue weighted by atomic mass is 10.1. The van der Waals surface area contributed by atoms with Crippen LogP contribution in [0.1, 0.15) is 13.8 Å². The third-order valence-corrected chi connectivity index (χ3v) is 2.86. The summed E-state index contributed by atoms with van der Waals surface area (Å²) >= 11 is 0. The van der Waals surface area contributed by atoms with Crippen molar-refractivity contribution in [2.75, 3.05) is 23.8 Å². The van der Waals surface area contributed by atoms with Crippen LogP contribution in [-0.4, -0.2) is 25.3 Å². The number of nitrogen functional groups attached to an aromatic ring is 1. The molecule has 3 heteroatoms. The first kappa shape index (κ1) is 10.3. The third kappa shape index (κ3) is 2.07.